The van der Waals surface area contributed by atoms with E-state index in [0.29, 0.717) is 11.4 Å². The Morgan fingerprint density at radius 2 is 0.660 bits per heavy atom. The van der Waals surface area contributed by atoms with Crippen molar-refractivity contribution in [1.29, 1.82) is 10.8 Å². The molecule has 0 spiro atoms. The molecule has 2 saturated heterocycles. The lowest BCUT2D eigenvalue weighted by atomic mass is 9.98. The zero-order valence-electron chi connectivity index (χ0n) is 26.6. The van der Waals surface area contributed by atoms with Crippen molar-refractivity contribution in [3.8, 4) is 0 Å². The number of nitrogens with zero attached hydrogens (tertiary/aromatic N) is 4. The molecule has 5 aromatic rings. The molecule has 6 N–H and O–H groups in total. The molecule has 0 unspecified atom stereocenters. The van der Waals surface area contributed by atoms with Crippen molar-refractivity contribution in [2.24, 2.45) is 20.4 Å². The van der Waals surface area contributed by atoms with Crippen LogP contribution in [0.5, 0.6) is 0 Å². The number of hydrazone groups is 4. The van der Waals surface area contributed by atoms with Crippen LogP contribution in [0.1, 0.15) is 23.3 Å². The summed E-state index contributed by atoms with van der Waals surface area (Å²) < 4.78 is 12.1. The fourth-order valence-corrected chi connectivity index (χ4v) is 5.22. The van der Waals surface area contributed by atoms with Gasteiger partial charge in [-0.2, -0.15) is 20.4 Å². The van der Waals surface area contributed by atoms with Crippen LogP contribution in [0.4, 0.5) is 22.7 Å². The molecule has 0 bridgehead atoms. The number of rotatable bonds is 10. The minimum atomic E-state index is -0.716. The topological polar surface area (TPSA) is 164 Å². The van der Waals surface area contributed by atoms with Gasteiger partial charge < -0.3 is 9.47 Å². The van der Waals surface area contributed by atoms with Crippen molar-refractivity contribution in [3.63, 3.8) is 0 Å². The molecular weight excluding hydrogens is 628 g/mol. The first-order valence-electron chi connectivity index (χ1n) is 15.8. The van der Waals surface area contributed by atoms with Gasteiger partial charge in [0.25, 0.3) is 0 Å². The van der Waals surface area contributed by atoms with Gasteiger partial charge in [-0.15, -0.1) is 0 Å². The largest absolute Gasteiger partial charge is 0.461 e. The second-order valence-corrected chi connectivity index (χ2v) is 11.1. The summed E-state index contributed by atoms with van der Waals surface area (Å²) in [5, 5.41) is 35.6. The third kappa shape index (κ3) is 7.24. The molecule has 0 saturated carbocycles. The summed E-state index contributed by atoms with van der Waals surface area (Å²) in [6.45, 7) is 0. The lowest BCUT2D eigenvalue weighted by Gasteiger charge is -2.14. The highest BCUT2D eigenvalue weighted by Gasteiger charge is 2.39. The Morgan fingerprint density at radius 1 is 0.380 bits per heavy atom. The summed E-state index contributed by atoms with van der Waals surface area (Å²) in [7, 11) is 0. The van der Waals surface area contributed by atoms with Gasteiger partial charge in [0.1, 0.15) is 11.4 Å². The van der Waals surface area contributed by atoms with E-state index >= 15 is 0 Å². The molecule has 12 nitrogen and oxygen atoms in total. The molecule has 5 aromatic carbocycles. The standard InChI is InChI=1S/C38H32N10O2/c39-37-33(47-43-29-17-9-3-10-18-29)31(45-41-27-13-5-1-6-14-27)35(49-37)25-21-23-26(24-22-25)36-32(46-42-28-15-7-2-8-16-28)34(38(40)50-36)48-44-30-19-11-4-12-20-30/h1-24,35-36,39-44H/b39-37?,40-38?,45-31+,46-32+,47-33+,48-34+/t35-,36+. The SMILES string of the molecule is N=C1O[C@@H](c2ccc([C@H]3OC(=N)C(=N/Nc4ccccc4)/C3=N\Nc3ccccc3)cc2)C(=N/Nc2ccccc2)/C1=N\Nc1ccccc1. The van der Waals surface area contributed by atoms with E-state index in [1.54, 1.807) is 0 Å². The molecule has 50 heavy (non-hydrogen) atoms. The van der Waals surface area contributed by atoms with Crippen molar-refractivity contribution in [3.05, 3.63) is 157 Å². The van der Waals surface area contributed by atoms with E-state index < -0.39 is 12.2 Å². The molecule has 0 aromatic heterocycles. The lowest BCUT2D eigenvalue weighted by molar-refractivity contribution is 0.271. The monoisotopic (exact) mass is 660 g/mol. The van der Waals surface area contributed by atoms with Gasteiger partial charge in [-0.25, -0.2) is 0 Å². The van der Waals surface area contributed by atoms with Crippen molar-refractivity contribution >= 4 is 57.4 Å². The van der Waals surface area contributed by atoms with E-state index in [0.717, 1.165) is 33.9 Å². The maximum atomic E-state index is 8.65. The number of nitrogens with one attached hydrogen (secondary N) is 6. The summed E-state index contributed by atoms with van der Waals surface area (Å²) in [4.78, 5) is 0. The highest BCUT2D eigenvalue weighted by atomic mass is 16.5. The van der Waals surface area contributed by atoms with E-state index in [1.165, 1.54) is 0 Å². The molecular formula is C38H32N10O2. The third-order valence-corrected chi connectivity index (χ3v) is 7.73. The van der Waals surface area contributed by atoms with Crippen LogP contribution in [0.25, 0.3) is 0 Å². The lowest BCUT2D eigenvalue weighted by Crippen LogP contribution is -2.20. The number of hydrogen-bond donors (Lipinski definition) is 6. The molecule has 2 fully saturated rings. The first-order valence-corrected chi connectivity index (χ1v) is 15.8. The maximum absolute atomic E-state index is 8.65. The molecule has 0 radical (unpaired) electrons. The van der Waals surface area contributed by atoms with Gasteiger partial charge in [0.05, 0.1) is 22.7 Å². The highest BCUT2D eigenvalue weighted by Crippen LogP contribution is 2.32. The highest BCUT2D eigenvalue weighted by molar-refractivity contribution is 6.70. The zero-order valence-corrected chi connectivity index (χ0v) is 26.6. The molecule has 0 amide bonds. The molecule has 2 aliphatic rings. The van der Waals surface area contributed by atoms with Gasteiger partial charge >= 0.3 is 0 Å². The smallest absolute Gasteiger partial charge is 0.237 e. The Kier molecular flexibility index (Phi) is 9.31. The van der Waals surface area contributed by atoms with Crippen LogP contribution < -0.4 is 21.7 Å². The van der Waals surface area contributed by atoms with E-state index in [1.807, 2.05) is 146 Å². The summed E-state index contributed by atoms with van der Waals surface area (Å²) in [5.41, 5.74) is 18.1. The Bertz CT molecular complexity index is 1930. The average Bonchev–Trinajstić information content (AvgIpc) is 3.67. The summed E-state index contributed by atoms with van der Waals surface area (Å²) in [5.74, 6) is -0.228. The van der Waals surface area contributed by atoms with Gasteiger partial charge in [0, 0.05) is 0 Å². The Balaban J connectivity index is 1.18. The van der Waals surface area contributed by atoms with E-state index in [-0.39, 0.29) is 23.2 Å². The number of anilines is 4. The molecule has 246 valence electrons. The van der Waals surface area contributed by atoms with Gasteiger partial charge in [-0.05, 0) is 59.7 Å². The first-order chi connectivity index (χ1) is 24.6. The third-order valence-electron chi connectivity index (χ3n) is 7.73. The van der Waals surface area contributed by atoms with E-state index in [4.69, 9.17) is 20.3 Å². The fraction of sp³-hybridized carbons (Fsp3) is 0.0526. The number of benzene rings is 5. The summed E-state index contributed by atoms with van der Waals surface area (Å²) in [6, 6.07) is 45.5. The van der Waals surface area contributed by atoms with E-state index in [9.17, 15) is 0 Å². The van der Waals surface area contributed by atoms with Crippen molar-refractivity contribution in [2.45, 2.75) is 12.2 Å². The van der Waals surface area contributed by atoms with Crippen LogP contribution in [-0.2, 0) is 9.47 Å². The molecule has 2 heterocycles. The molecule has 7 rings (SSSR count). The quantitative estimate of drug-likeness (QED) is 0.0843. The molecule has 12 heteroatoms. The number of hydrogen-bond acceptors (Lipinski definition) is 12. The summed E-state index contributed by atoms with van der Waals surface area (Å²) in [6.07, 6.45) is -1.43. The van der Waals surface area contributed by atoms with Gasteiger partial charge in [-0.3, -0.25) is 32.5 Å². The van der Waals surface area contributed by atoms with Gasteiger partial charge in [-0.1, -0.05) is 97.1 Å². The van der Waals surface area contributed by atoms with Crippen LogP contribution in [0.15, 0.2) is 166 Å². The molecule has 2 aliphatic heterocycles. The first kappa shape index (κ1) is 31.5. The predicted octanol–water partition coefficient (Wildman–Crippen LogP) is 7.66. The van der Waals surface area contributed by atoms with Crippen molar-refractivity contribution in [2.75, 3.05) is 21.7 Å². The Labute approximate surface area is 288 Å². The predicted molar refractivity (Wildman–Crippen MR) is 200 cm³/mol. The fourth-order valence-electron chi connectivity index (χ4n) is 5.22. The molecule has 2 atom stereocenters. The van der Waals surface area contributed by atoms with Crippen LogP contribution in [0, 0.1) is 10.8 Å². The van der Waals surface area contributed by atoms with Gasteiger partial charge in [0.15, 0.2) is 23.6 Å². The summed E-state index contributed by atoms with van der Waals surface area (Å²) >= 11 is 0. The molecule has 0 aliphatic carbocycles. The van der Waals surface area contributed by atoms with Crippen LogP contribution in [-0.4, -0.2) is 34.6 Å². The minimum absolute atomic E-state index is 0.114. The maximum Gasteiger partial charge on any atom is 0.237 e. The zero-order chi connectivity index (χ0) is 34.1. The number of para-hydroxylation sites is 4. The van der Waals surface area contributed by atoms with Crippen LogP contribution in [0.2, 0.25) is 0 Å². The van der Waals surface area contributed by atoms with E-state index in [2.05, 4.69) is 42.1 Å². The van der Waals surface area contributed by atoms with Crippen molar-refractivity contribution in [1.82, 2.24) is 0 Å². The Hall–Kier alpha value is -7.08. The van der Waals surface area contributed by atoms with Gasteiger partial charge in [0.2, 0.25) is 11.8 Å². The number of ether oxygens (including phenoxy) is 2. The second kappa shape index (κ2) is 14.8. The normalized spacial score (nSPS) is 20.2. The van der Waals surface area contributed by atoms with Crippen LogP contribution in [0.3, 0.4) is 0 Å². The van der Waals surface area contributed by atoms with Crippen LogP contribution >= 0.6 is 0 Å². The average molecular weight is 661 g/mol. The minimum Gasteiger partial charge on any atom is -0.461 e. The Morgan fingerprint density at radius 3 is 0.960 bits per heavy atom. The van der Waals surface area contributed by atoms with Crippen molar-refractivity contribution < 1.29 is 9.47 Å². The second-order valence-electron chi connectivity index (χ2n) is 11.1.